The van der Waals surface area contributed by atoms with Crippen LogP contribution in [0.5, 0.6) is 0 Å². The van der Waals surface area contributed by atoms with E-state index in [1.807, 2.05) is 0 Å². The van der Waals surface area contributed by atoms with E-state index in [0.29, 0.717) is 30.5 Å². The van der Waals surface area contributed by atoms with Crippen molar-refractivity contribution < 1.29 is 41.3 Å². The van der Waals surface area contributed by atoms with E-state index in [9.17, 15) is 41.6 Å². The molecule has 2 atom stereocenters. The molecule has 2 fully saturated rings. The molecule has 5 rings (SSSR count). The lowest BCUT2D eigenvalue weighted by Crippen LogP contribution is -2.47. The number of rotatable bonds is 9. The van der Waals surface area contributed by atoms with Crippen molar-refractivity contribution in [3.63, 3.8) is 0 Å². The summed E-state index contributed by atoms with van der Waals surface area (Å²) < 4.78 is 68.2. The van der Waals surface area contributed by atoms with Crippen molar-refractivity contribution in [3.8, 4) is 0 Å². The summed E-state index contributed by atoms with van der Waals surface area (Å²) >= 11 is 6.28. The number of oxime groups is 1. The Morgan fingerprint density at radius 1 is 1.09 bits per heavy atom. The van der Waals surface area contributed by atoms with Crippen molar-refractivity contribution in [2.24, 2.45) is 17.0 Å². The first-order valence-corrected chi connectivity index (χ1v) is 15.3. The number of non-ortho nitro benzene ring substituents is 1. The van der Waals surface area contributed by atoms with Crippen LogP contribution in [0.15, 0.2) is 64.6 Å². The number of fused-ring (bicyclic) bond motifs is 2. The molecule has 2 saturated carbocycles. The number of nitro benzene ring substituents is 1. The van der Waals surface area contributed by atoms with E-state index in [1.165, 1.54) is 42.6 Å². The Morgan fingerprint density at radius 2 is 1.70 bits per heavy atom. The summed E-state index contributed by atoms with van der Waals surface area (Å²) in [4.78, 5) is 28.0. The van der Waals surface area contributed by atoms with Gasteiger partial charge in [-0.25, -0.2) is 21.6 Å². The molecule has 44 heavy (non-hydrogen) atoms. The number of carbonyl (C=O) groups excluding carboxylic acids is 1. The minimum absolute atomic E-state index is 0.00188. The van der Waals surface area contributed by atoms with Crippen molar-refractivity contribution in [2.45, 2.75) is 48.0 Å². The average Bonchev–Trinajstić information content (AvgIpc) is 3.27. The van der Waals surface area contributed by atoms with Crippen molar-refractivity contribution in [1.29, 1.82) is 0 Å². The Morgan fingerprint density at radius 3 is 2.30 bits per heavy atom. The van der Waals surface area contributed by atoms with Gasteiger partial charge in [-0.3, -0.25) is 14.9 Å². The second-order valence-corrected chi connectivity index (χ2v) is 13.4. The number of carbonyl (C=O) groups is 1. The highest BCUT2D eigenvalue weighted by molar-refractivity contribution is 7.92. The lowest BCUT2D eigenvalue weighted by Gasteiger charge is -2.38. The van der Waals surface area contributed by atoms with Gasteiger partial charge in [0.2, 0.25) is 0 Å². The van der Waals surface area contributed by atoms with Gasteiger partial charge in [-0.15, -0.1) is 0 Å². The molecule has 3 aromatic rings. The molecular formula is C29H25ClF3N3O7S. The van der Waals surface area contributed by atoms with Crippen LogP contribution in [0, 0.1) is 39.4 Å². The lowest BCUT2D eigenvalue weighted by molar-refractivity contribution is -0.384. The predicted octanol–water partition coefficient (Wildman–Crippen LogP) is 5.81. The van der Waals surface area contributed by atoms with Gasteiger partial charge in [0.05, 0.1) is 26.3 Å². The topological polar surface area (TPSA) is 148 Å². The first-order chi connectivity index (χ1) is 20.8. The molecule has 2 aliphatic carbocycles. The molecule has 3 aromatic carbocycles. The van der Waals surface area contributed by atoms with Crippen molar-refractivity contribution in [3.05, 3.63) is 98.3 Å². The van der Waals surface area contributed by atoms with Crippen LogP contribution in [0.2, 0.25) is 5.02 Å². The van der Waals surface area contributed by atoms with Gasteiger partial charge in [0, 0.05) is 35.5 Å². The summed E-state index contributed by atoms with van der Waals surface area (Å²) in [5, 5.41) is 27.1. The minimum Gasteiger partial charge on any atom is -0.391 e. The van der Waals surface area contributed by atoms with Crippen molar-refractivity contribution in [2.75, 3.05) is 5.32 Å². The van der Waals surface area contributed by atoms with E-state index in [1.54, 1.807) is 0 Å². The number of sulfone groups is 1. The standard InChI is InChI=1S/C29H25ClF3N3O7S/c30-22-8-5-17(28(37)35-20-10-23(31)26(33)24(32)11-20)9-25(22)44(41,42)27-18-3-4-19(27)13-29(38,12-18)15-34-43-14-16-1-6-21(7-2-16)36(39)40/h1-2,5-11,15,18-19,27,38H,3-4,12-14H2,(H,35,37)/b34-15+. The monoisotopic (exact) mass is 651 g/mol. The fourth-order valence-electron chi connectivity index (χ4n) is 5.98. The van der Waals surface area contributed by atoms with Crippen LogP contribution in [0.4, 0.5) is 24.5 Å². The van der Waals surface area contributed by atoms with Crippen LogP contribution in [0.1, 0.15) is 41.6 Å². The van der Waals surface area contributed by atoms with Crippen LogP contribution < -0.4 is 5.32 Å². The third-order valence-electron chi connectivity index (χ3n) is 7.91. The van der Waals surface area contributed by atoms with E-state index in [4.69, 9.17) is 16.4 Å². The molecule has 1 amide bonds. The third kappa shape index (κ3) is 6.42. The Bertz CT molecular complexity index is 1720. The van der Waals surface area contributed by atoms with Gasteiger partial charge in [0.15, 0.2) is 27.3 Å². The largest absolute Gasteiger partial charge is 0.391 e. The molecule has 232 valence electrons. The fourth-order valence-corrected chi connectivity index (χ4v) is 8.83. The maximum Gasteiger partial charge on any atom is 0.269 e. The number of nitrogens with one attached hydrogen (secondary N) is 1. The molecular weight excluding hydrogens is 627 g/mol. The number of aliphatic hydroxyl groups is 1. The van der Waals surface area contributed by atoms with E-state index < -0.39 is 60.8 Å². The Hall–Kier alpha value is -4.01. The molecule has 2 bridgehead atoms. The third-order valence-corrected chi connectivity index (χ3v) is 10.8. The molecule has 0 saturated heterocycles. The molecule has 0 radical (unpaired) electrons. The highest BCUT2D eigenvalue weighted by Gasteiger charge is 2.54. The minimum atomic E-state index is -4.11. The van der Waals surface area contributed by atoms with Gasteiger partial charge in [0.25, 0.3) is 11.6 Å². The van der Waals surface area contributed by atoms with E-state index in [0.717, 1.165) is 6.07 Å². The molecule has 15 heteroatoms. The zero-order chi connectivity index (χ0) is 31.8. The average molecular weight is 652 g/mol. The molecule has 0 spiro atoms. The van der Waals surface area contributed by atoms with Crippen LogP contribution in [-0.2, 0) is 21.3 Å². The Kier molecular flexibility index (Phi) is 8.69. The molecule has 2 N–H and O–H groups in total. The van der Waals surface area contributed by atoms with Crippen molar-refractivity contribution >= 4 is 44.9 Å². The zero-order valence-electron chi connectivity index (χ0n) is 22.8. The number of amides is 1. The number of nitrogens with zero attached hydrogens (tertiary/aromatic N) is 2. The Labute approximate surface area is 254 Å². The summed E-state index contributed by atoms with van der Waals surface area (Å²) in [5.74, 6) is -6.51. The van der Waals surface area contributed by atoms with Gasteiger partial charge >= 0.3 is 0 Å². The number of nitro groups is 1. The number of hydrogen-bond donors (Lipinski definition) is 2. The van der Waals surface area contributed by atoms with Crippen LogP contribution in [0.25, 0.3) is 0 Å². The lowest BCUT2D eigenvalue weighted by atomic mass is 9.78. The smallest absolute Gasteiger partial charge is 0.269 e. The fraction of sp³-hybridized carbons (Fsp3) is 0.310. The number of hydrogen-bond acceptors (Lipinski definition) is 8. The maximum absolute atomic E-state index is 13.9. The molecule has 2 unspecified atom stereocenters. The van der Waals surface area contributed by atoms with Crippen LogP contribution in [-0.4, -0.2) is 41.4 Å². The summed E-state index contributed by atoms with van der Waals surface area (Å²) in [6.45, 7) is 0.00188. The molecule has 0 aromatic heterocycles. The normalized spacial score (nSPS) is 23.1. The second-order valence-electron chi connectivity index (χ2n) is 10.9. The molecule has 2 aliphatic rings. The van der Waals surface area contributed by atoms with Crippen molar-refractivity contribution in [1.82, 2.24) is 0 Å². The molecule has 0 heterocycles. The van der Waals surface area contributed by atoms with Crippen LogP contribution >= 0.6 is 11.6 Å². The molecule has 10 nitrogen and oxygen atoms in total. The van der Waals surface area contributed by atoms with Gasteiger partial charge < -0.3 is 15.3 Å². The summed E-state index contributed by atoms with van der Waals surface area (Å²) in [6, 6.07) is 10.4. The number of benzene rings is 3. The van der Waals surface area contributed by atoms with Gasteiger partial charge in [0.1, 0.15) is 12.2 Å². The second kappa shape index (κ2) is 12.2. The first-order valence-electron chi connectivity index (χ1n) is 13.4. The maximum atomic E-state index is 13.9. The zero-order valence-corrected chi connectivity index (χ0v) is 24.3. The summed E-state index contributed by atoms with van der Waals surface area (Å²) in [6.07, 6.45) is 2.45. The molecule has 0 aliphatic heterocycles. The number of anilines is 1. The van der Waals surface area contributed by atoms with Gasteiger partial charge in [-0.1, -0.05) is 16.8 Å². The van der Waals surface area contributed by atoms with Gasteiger partial charge in [-0.2, -0.15) is 0 Å². The predicted molar refractivity (Wildman–Crippen MR) is 153 cm³/mol. The number of halogens is 4. The van der Waals surface area contributed by atoms with Gasteiger partial charge in [-0.05, 0) is 73.4 Å². The van der Waals surface area contributed by atoms with Crippen LogP contribution in [0.3, 0.4) is 0 Å². The highest BCUT2D eigenvalue weighted by atomic mass is 35.5. The first kappa shape index (κ1) is 31.4. The summed E-state index contributed by atoms with van der Waals surface area (Å²) in [5.41, 5.74) is -1.40. The summed E-state index contributed by atoms with van der Waals surface area (Å²) in [7, 11) is -4.11. The Balaban J connectivity index is 1.28. The van der Waals surface area contributed by atoms with E-state index >= 15 is 0 Å². The SMILES string of the molecule is O=C(Nc1cc(F)c(F)c(F)c1)c1ccc(Cl)c(S(=O)(=O)C2C3CCC2CC(O)(/C=N/OCc2ccc([N+](=O)[O-])cc2)C3)c1. The quantitative estimate of drug-likeness (QED) is 0.128. The van der Waals surface area contributed by atoms with E-state index in [-0.39, 0.29) is 46.3 Å². The highest BCUT2D eigenvalue weighted by Crippen LogP contribution is 2.51. The van der Waals surface area contributed by atoms with E-state index in [2.05, 4.69) is 10.5 Å².